The van der Waals surface area contributed by atoms with Crippen molar-refractivity contribution in [3.8, 4) is 0 Å². The van der Waals surface area contributed by atoms with Gasteiger partial charge in [-0.15, -0.1) is 12.4 Å². The molecule has 1 amide bonds. The third-order valence-corrected chi connectivity index (χ3v) is 6.40. The number of carbonyl (C=O) groups excluding carboxylic acids is 1. The molecule has 0 unspecified atom stereocenters. The number of nitrogens with one attached hydrogen (secondary N) is 2. The molecule has 8 heteroatoms. The summed E-state index contributed by atoms with van der Waals surface area (Å²) in [4.78, 5) is 24.2. The first-order chi connectivity index (χ1) is 14.9. The number of amides is 1. The first-order valence-electron chi connectivity index (χ1n) is 11.3. The Kier molecular flexibility index (Phi) is 7.93. The molecule has 2 aliphatic carbocycles. The number of hydrogen-bond acceptors (Lipinski definition) is 5. The van der Waals surface area contributed by atoms with Crippen molar-refractivity contribution >= 4 is 30.1 Å². The predicted octanol–water partition coefficient (Wildman–Crippen LogP) is 4.44. The van der Waals surface area contributed by atoms with Gasteiger partial charge in [0.1, 0.15) is 11.6 Å². The number of hydrogen-bond donors (Lipinski definition) is 2. The number of benzene rings is 1. The van der Waals surface area contributed by atoms with Gasteiger partial charge in [0.15, 0.2) is 0 Å². The summed E-state index contributed by atoms with van der Waals surface area (Å²) < 4.78 is 13.5. The second-order valence-electron chi connectivity index (χ2n) is 9.03. The maximum atomic E-state index is 13.5. The van der Waals surface area contributed by atoms with Crippen LogP contribution in [0.3, 0.4) is 0 Å². The van der Waals surface area contributed by atoms with Crippen molar-refractivity contribution in [2.24, 2.45) is 0 Å². The minimum absolute atomic E-state index is 0. The minimum atomic E-state index is -0.287. The van der Waals surface area contributed by atoms with Crippen LogP contribution in [-0.2, 0) is 12.8 Å². The maximum Gasteiger partial charge on any atom is 0.251 e. The van der Waals surface area contributed by atoms with E-state index in [1.807, 2.05) is 14.1 Å². The summed E-state index contributed by atoms with van der Waals surface area (Å²) >= 11 is 0. The second kappa shape index (κ2) is 10.5. The Morgan fingerprint density at radius 1 is 1.06 bits per heavy atom. The summed E-state index contributed by atoms with van der Waals surface area (Å²) in [5, 5.41) is 6.65. The highest BCUT2D eigenvalue weighted by Gasteiger charge is 2.25. The molecule has 2 aliphatic rings. The molecule has 6 nitrogen and oxygen atoms in total. The van der Waals surface area contributed by atoms with E-state index in [0.717, 1.165) is 50.3 Å². The van der Waals surface area contributed by atoms with Crippen LogP contribution in [0.1, 0.15) is 65.7 Å². The zero-order chi connectivity index (χ0) is 22.0. The number of aryl methyl sites for hydroxylation is 2. The van der Waals surface area contributed by atoms with Crippen LogP contribution < -0.4 is 15.5 Å². The van der Waals surface area contributed by atoms with Crippen molar-refractivity contribution < 1.29 is 9.18 Å². The van der Waals surface area contributed by atoms with Gasteiger partial charge >= 0.3 is 0 Å². The molecule has 2 aromatic rings. The Morgan fingerprint density at radius 3 is 2.44 bits per heavy atom. The largest absolute Gasteiger partial charge is 0.362 e. The topological polar surface area (TPSA) is 70.2 Å². The molecule has 1 fully saturated rings. The molecule has 0 saturated heterocycles. The Hall–Kier alpha value is -2.41. The summed E-state index contributed by atoms with van der Waals surface area (Å²) in [7, 11) is 4.08. The molecular weight excluding hydrogens is 429 g/mol. The van der Waals surface area contributed by atoms with Crippen LogP contribution in [-0.4, -0.2) is 42.1 Å². The normalized spacial score (nSPS) is 20.0. The van der Waals surface area contributed by atoms with Gasteiger partial charge in [0.25, 0.3) is 5.91 Å². The van der Waals surface area contributed by atoms with Crippen molar-refractivity contribution in [2.75, 3.05) is 24.3 Å². The number of rotatable bonds is 5. The molecule has 1 heterocycles. The fourth-order valence-electron chi connectivity index (χ4n) is 4.63. The predicted molar refractivity (Wildman–Crippen MR) is 129 cm³/mol. The molecule has 1 saturated carbocycles. The van der Waals surface area contributed by atoms with E-state index >= 15 is 0 Å². The van der Waals surface area contributed by atoms with Crippen LogP contribution in [0.5, 0.6) is 0 Å². The van der Waals surface area contributed by atoms with E-state index in [4.69, 9.17) is 9.97 Å². The average Bonchev–Trinajstić information content (AvgIpc) is 2.76. The SMILES string of the molecule is Cc1cc(C(=O)NC2CCC(Nc3nc4c(c(N(C)C)n3)CCCC4)CC2)ccc1F.Cl. The quantitative estimate of drug-likeness (QED) is 0.688. The average molecular weight is 462 g/mol. The summed E-state index contributed by atoms with van der Waals surface area (Å²) in [6.45, 7) is 1.67. The maximum absolute atomic E-state index is 13.5. The van der Waals surface area contributed by atoms with Crippen molar-refractivity contribution in [1.29, 1.82) is 0 Å². The van der Waals surface area contributed by atoms with E-state index in [-0.39, 0.29) is 30.2 Å². The van der Waals surface area contributed by atoms with Crippen LogP contribution in [0, 0.1) is 12.7 Å². The van der Waals surface area contributed by atoms with Crippen LogP contribution >= 0.6 is 12.4 Å². The van der Waals surface area contributed by atoms with Gasteiger partial charge in [-0.05, 0) is 82.1 Å². The van der Waals surface area contributed by atoms with Crippen molar-refractivity contribution in [1.82, 2.24) is 15.3 Å². The van der Waals surface area contributed by atoms with Crippen LogP contribution in [0.4, 0.5) is 16.2 Å². The molecule has 2 N–H and O–H groups in total. The van der Waals surface area contributed by atoms with Crippen molar-refractivity contribution in [3.05, 3.63) is 46.4 Å². The number of anilines is 2. The summed E-state index contributed by atoms with van der Waals surface area (Å²) in [5.41, 5.74) is 3.48. The third kappa shape index (κ3) is 5.49. The fraction of sp³-hybridized carbons (Fsp3) is 0.542. The molecule has 4 rings (SSSR count). The fourth-order valence-corrected chi connectivity index (χ4v) is 4.63. The zero-order valence-electron chi connectivity index (χ0n) is 19.1. The smallest absolute Gasteiger partial charge is 0.251 e. The van der Waals surface area contributed by atoms with Gasteiger partial charge in [-0.25, -0.2) is 9.37 Å². The van der Waals surface area contributed by atoms with Gasteiger partial charge in [-0.3, -0.25) is 4.79 Å². The van der Waals surface area contributed by atoms with Gasteiger partial charge in [-0.2, -0.15) is 4.98 Å². The van der Waals surface area contributed by atoms with Gasteiger partial charge in [0.2, 0.25) is 5.95 Å². The molecule has 174 valence electrons. The Bertz CT molecular complexity index is 960. The molecule has 0 atom stereocenters. The van der Waals surface area contributed by atoms with Gasteiger partial charge < -0.3 is 15.5 Å². The molecule has 0 spiro atoms. The Labute approximate surface area is 195 Å². The van der Waals surface area contributed by atoms with E-state index in [2.05, 4.69) is 15.5 Å². The number of aromatic nitrogens is 2. The molecule has 0 radical (unpaired) electrons. The first-order valence-corrected chi connectivity index (χ1v) is 11.3. The number of nitrogens with zero attached hydrogens (tertiary/aromatic N) is 3. The van der Waals surface area contributed by atoms with Gasteiger partial charge in [-0.1, -0.05) is 0 Å². The molecule has 0 bridgehead atoms. The molecule has 1 aromatic heterocycles. The number of carbonyl (C=O) groups is 1. The third-order valence-electron chi connectivity index (χ3n) is 6.40. The zero-order valence-corrected chi connectivity index (χ0v) is 19.9. The highest BCUT2D eigenvalue weighted by atomic mass is 35.5. The molecular formula is C24H33ClFN5O. The van der Waals surface area contributed by atoms with Gasteiger partial charge in [0.05, 0.1) is 5.69 Å². The van der Waals surface area contributed by atoms with E-state index in [1.165, 1.54) is 30.2 Å². The summed E-state index contributed by atoms with van der Waals surface area (Å²) in [5.74, 6) is 1.33. The highest BCUT2D eigenvalue weighted by Crippen LogP contribution is 2.29. The van der Waals surface area contributed by atoms with E-state index in [0.29, 0.717) is 17.2 Å². The first kappa shape index (κ1) is 24.2. The van der Waals surface area contributed by atoms with Crippen LogP contribution in [0.2, 0.25) is 0 Å². The van der Waals surface area contributed by atoms with E-state index < -0.39 is 0 Å². The summed E-state index contributed by atoms with van der Waals surface area (Å²) in [6, 6.07) is 4.94. The van der Waals surface area contributed by atoms with Crippen molar-refractivity contribution in [2.45, 2.75) is 70.4 Å². The van der Waals surface area contributed by atoms with Gasteiger partial charge in [0, 0.05) is 37.3 Å². The highest BCUT2D eigenvalue weighted by molar-refractivity contribution is 5.94. The number of fused-ring (bicyclic) bond motifs is 1. The lowest BCUT2D eigenvalue weighted by atomic mass is 9.91. The second-order valence-corrected chi connectivity index (χ2v) is 9.03. The lowest BCUT2D eigenvalue weighted by molar-refractivity contribution is 0.0926. The summed E-state index contributed by atoms with van der Waals surface area (Å²) in [6.07, 6.45) is 8.17. The molecule has 32 heavy (non-hydrogen) atoms. The van der Waals surface area contributed by atoms with E-state index in [1.54, 1.807) is 19.1 Å². The lowest BCUT2D eigenvalue weighted by Gasteiger charge is -2.30. The van der Waals surface area contributed by atoms with Crippen molar-refractivity contribution in [3.63, 3.8) is 0 Å². The Morgan fingerprint density at radius 2 is 1.75 bits per heavy atom. The van der Waals surface area contributed by atoms with Crippen LogP contribution in [0.15, 0.2) is 18.2 Å². The van der Waals surface area contributed by atoms with Crippen LogP contribution in [0.25, 0.3) is 0 Å². The lowest BCUT2D eigenvalue weighted by Crippen LogP contribution is -2.40. The number of halogens is 2. The molecule has 0 aliphatic heterocycles. The minimum Gasteiger partial charge on any atom is -0.362 e. The standard InChI is InChI=1S/C24H32FN5O.ClH/c1-15-14-16(8-13-20(15)25)23(31)26-17-9-11-18(12-10-17)27-24-28-21-7-5-4-6-19(21)22(29-24)30(2)3;/h8,13-14,17-18H,4-7,9-12H2,1-3H3,(H,26,31)(H,27,28,29);1H. The monoisotopic (exact) mass is 461 g/mol. The molecule has 1 aromatic carbocycles. The Balaban J connectivity index is 0.00000289. The van der Waals surface area contributed by atoms with E-state index in [9.17, 15) is 9.18 Å².